The van der Waals surface area contributed by atoms with Crippen LogP contribution in [0.5, 0.6) is 0 Å². The molecule has 0 fully saturated rings. The van der Waals surface area contributed by atoms with Gasteiger partial charge in [-0.1, -0.05) is 6.92 Å². The van der Waals surface area contributed by atoms with Crippen LogP contribution in [0.1, 0.15) is 38.3 Å². The number of aromatic nitrogens is 4. The molecule has 6 nitrogen and oxygen atoms in total. The fourth-order valence-corrected chi connectivity index (χ4v) is 2.11. The average molecular weight is 275 g/mol. The maximum absolute atomic E-state index is 12.1. The van der Waals surface area contributed by atoms with Crippen molar-refractivity contribution in [3.05, 3.63) is 30.2 Å². The lowest BCUT2D eigenvalue weighted by atomic mass is 10.2. The SMILES string of the molecule is CCCn1ncc(C)c1NC(=O)C[C@H](C)n1cccn1. The first-order valence-electron chi connectivity index (χ1n) is 6.93. The Morgan fingerprint density at radius 3 is 2.90 bits per heavy atom. The fourth-order valence-electron chi connectivity index (χ4n) is 2.11. The molecule has 0 spiro atoms. The molecule has 1 atom stereocenters. The number of amides is 1. The van der Waals surface area contributed by atoms with Crippen LogP contribution < -0.4 is 5.32 Å². The molecule has 6 heteroatoms. The van der Waals surface area contributed by atoms with Gasteiger partial charge in [0.25, 0.3) is 0 Å². The zero-order valence-corrected chi connectivity index (χ0v) is 12.2. The summed E-state index contributed by atoms with van der Waals surface area (Å²) < 4.78 is 3.63. The van der Waals surface area contributed by atoms with Crippen LogP contribution in [0.4, 0.5) is 5.82 Å². The summed E-state index contributed by atoms with van der Waals surface area (Å²) >= 11 is 0. The number of carbonyl (C=O) groups is 1. The standard InChI is InChI=1S/C14H21N5O/c1-4-7-19-14(11(2)10-16-19)17-13(20)9-12(3)18-8-5-6-15-18/h5-6,8,10,12H,4,7,9H2,1-3H3,(H,17,20)/t12-/m0/s1. The van der Waals surface area contributed by atoms with E-state index in [2.05, 4.69) is 22.4 Å². The van der Waals surface area contributed by atoms with Crippen LogP contribution in [-0.2, 0) is 11.3 Å². The van der Waals surface area contributed by atoms with Gasteiger partial charge in [0.1, 0.15) is 5.82 Å². The molecule has 0 radical (unpaired) electrons. The van der Waals surface area contributed by atoms with E-state index in [0.717, 1.165) is 24.3 Å². The van der Waals surface area contributed by atoms with Crippen LogP contribution in [0.2, 0.25) is 0 Å². The third-order valence-electron chi connectivity index (χ3n) is 3.17. The van der Waals surface area contributed by atoms with Crippen LogP contribution in [0.15, 0.2) is 24.7 Å². The van der Waals surface area contributed by atoms with Crippen molar-refractivity contribution in [3.8, 4) is 0 Å². The molecule has 0 unspecified atom stereocenters. The number of nitrogens with one attached hydrogen (secondary N) is 1. The lowest BCUT2D eigenvalue weighted by Crippen LogP contribution is -2.20. The molecule has 20 heavy (non-hydrogen) atoms. The summed E-state index contributed by atoms with van der Waals surface area (Å²) in [7, 11) is 0. The van der Waals surface area contributed by atoms with Crippen LogP contribution in [0, 0.1) is 6.92 Å². The van der Waals surface area contributed by atoms with Gasteiger partial charge in [-0.2, -0.15) is 10.2 Å². The normalized spacial score (nSPS) is 12.3. The van der Waals surface area contributed by atoms with Crippen molar-refractivity contribution >= 4 is 11.7 Å². The summed E-state index contributed by atoms with van der Waals surface area (Å²) in [4.78, 5) is 12.1. The molecule has 1 amide bonds. The quantitative estimate of drug-likeness (QED) is 0.880. The predicted molar refractivity (Wildman–Crippen MR) is 77.4 cm³/mol. The van der Waals surface area contributed by atoms with E-state index in [1.165, 1.54) is 0 Å². The van der Waals surface area contributed by atoms with Gasteiger partial charge in [0.15, 0.2) is 0 Å². The minimum atomic E-state index is -0.0195. The smallest absolute Gasteiger partial charge is 0.227 e. The van der Waals surface area contributed by atoms with E-state index >= 15 is 0 Å². The highest BCUT2D eigenvalue weighted by Gasteiger charge is 2.14. The Bertz CT molecular complexity index is 558. The molecule has 2 aromatic rings. The van der Waals surface area contributed by atoms with E-state index in [4.69, 9.17) is 0 Å². The van der Waals surface area contributed by atoms with Gasteiger partial charge < -0.3 is 5.32 Å². The van der Waals surface area contributed by atoms with E-state index in [9.17, 15) is 4.79 Å². The second-order valence-electron chi connectivity index (χ2n) is 4.99. The Labute approximate surface area is 118 Å². The summed E-state index contributed by atoms with van der Waals surface area (Å²) in [5, 5.41) is 11.4. The van der Waals surface area contributed by atoms with Crippen molar-refractivity contribution < 1.29 is 4.79 Å². The van der Waals surface area contributed by atoms with Gasteiger partial charge in [-0.05, 0) is 26.3 Å². The molecule has 2 heterocycles. The molecule has 0 saturated heterocycles. The first-order chi connectivity index (χ1) is 9.61. The number of carbonyl (C=O) groups excluding carboxylic acids is 1. The van der Waals surface area contributed by atoms with E-state index < -0.39 is 0 Å². The molecular formula is C14H21N5O. The highest BCUT2D eigenvalue weighted by molar-refractivity contribution is 5.90. The van der Waals surface area contributed by atoms with Gasteiger partial charge in [0.2, 0.25) is 5.91 Å². The Morgan fingerprint density at radius 2 is 2.25 bits per heavy atom. The van der Waals surface area contributed by atoms with Crippen molar-refractivity contribution in [2.45, 2.75) is 46.2 Å². The van der Waals surface area contributed by atoms with Gasteiger partial charge >= 0.3 is 0 Å². The molecular weight excluding hydrogens is 254 g/mol. The summed E-state index contributed by atoms with van der Waals surface area (Å²) in [5.74, 6) is 0.776. The highest BCUT2D eigenvalue weighted by atomic mass is 16.1. The highest BCUT2D eigenvalue weighted by Crippen LogP contribution is 2.16. The monoisotopic (exact) mass is 275 g/mol. The van der Waals surface area contributed by atoms with Crippen LogP contribution in [-0.4, -0.2) is 25.5 Å². The Balaban J connectivity index is 1.99. The Morgan fingerprint density at radius 1 is 1.45 bits per heavy atom. The van der Waals surface area contributed by atoms with Crippen molar-refractivity contribution in [2.75, 3.05) is 5.32 Å². The molecule has 2 rings (SSSR count). The topological polar surface area (TPSA) is 64.7 Å². The zero-order valence-electron chi connectivity index (χ0n) is 12.2. The molecule has 1 N–H and O–H groups in total. The summed E-state index contributed by atoms with van der Waals surface area (Å²) in [6.07, 6.45) is 6.73. The first kappa shape index (κ1) is 14.3. The minimum absolute atomic E-state index is 0.0195. The second kappa shape index (κ2) is 6.36. The van der Waals surface area contributed by atoms with Crippen molar-refractivity contribution in [2.24, 2.45) is 0 Å². The largest absolute Gasteiger partial charge is 0.311 e. The van der Waals surface area contributed by atoms with Gasteiger partial charge in [-0.25, -0.2) is 4.68 Å². The number of rotatable bonds is 6. The number of nitrogens with zero attached hydrogens (tertiary/aromatic N) is 4. The third-order valence-corrected chi connectivity index (χ3v) is 3.17. The third kappa shape index (κ3) is 3.26. The van der Waals surface area contributed by atoms with E-state index in [-0.39, 0.29) is 11.9 Å². The number of hydrogen-bond acceptors (Lipinski definition) is 3. The predicted octanol–water partition coefficient (Wildman–Crippen LogP) is 2.39. The lowest BCUT2D eigenvalue weighted by Gasteiger charge is -2.13. The van der Waals surface area contributed by atoms with E-state index in [1.807, 2.05) is 30.8 Å². The first-order valence-corrected chi connectivity index (χ1v) is 6.93. The van der Waals surface area contributed by atoms with Crippen molar-refractivity contribution in [1.29, 1.82) is 0 Å². The number of hydrogen-bond donors (Lipinski definition) is 1. The second-order valence-corrected chi connectivity index (χ2v) is 4.99. The minimum Gasteiger partial charge on any atom is -0.311 e. The number of anilines is 1. The van der Waals surface area contributed by atoms with Crippen LogP contribution in [0.3, 0.4) is 0 Å². The maximum Gasteiger partial charge on any atom is 0.227 e. The van der Waals surface area contributed by atoms with Gasteiger partial charge in [0.05, 0.1) is 12.2 Å². The molecule has 0 aliphatic carbocycles. The van der Waals surface area contributed by atoms with Crippen LogP contribution >= 0.6 is 0 Å². The number of aryl methyl sites for hydroxylation is 2. The van der Waals surface area contributed by atoms with E-state index in [0.29, 0.717) is 6.42 Å². The summed E-state index contributed by atoms with van der Waals surface area (Å²) in [5.41, 5.74) is 0.985. The molecule has 2 aromatic heterocycles. The molecule has 0 aliphatic heterocycles. The Hall–Kier alpha value is -2.11. The molecule has 0 aliphatic rings. The van der Waals surface area contributed by atoms with Crippen LogP contribution in [0.25, 0.3) is 0 Å². The molecule has 0 bridgehead atoms. The zero-order chi connectivity index (χ0) is 14.5. The van der Waals surface area contributed by atoms with E-state index in [1.54, 1.807) is 17.1 Å². The Kier molecular flexibility index (Phi) is 4.55. The van der Waals surface area contributed by atoms with Gasteiger partial charge in [0, 0.05) is 30.9 Å². The lowest BCUT2D eigenvalue weighted by molar-refractivity contribution is -0.116. The van der Waals surface area contributed by atoms with Crippen molar-refractivity contribution in [3.63, 3.8) is 0 Å². The summed E-state index contributed by atoms with van der Waals surface area (Å²) in [6, 6.07) is 1.89. The fraction of sp³-hybridized carbons (Fsp3) is 0.500. The molecule has 0 saturated carbocycles. The molecule has 0 aromatic carbocycles. The molecule has 108 valence electrons. The van der Waals surface area contributed by atoms with Crippen molar-refractivity contribution in [1.82, 2.24) is 19.6 Å². The summed E-state index contributed by atoms with van der Waals surface area (Å²) in [6.45, 7) is 6.81. The average Bonchev–Trinajstić information content (AvgIpc) is 3.04. The van der Waals surface area contributed by atoms with Gasteiger partial charge in [-0.15, -0.1) is 0 Å². The van der Waals surface area contributed by atoms with Gasteiger partial charge in [-0.3, -0.25) is 9.48 Å². The maximum atomic E-state index is 12.1.